The molecule has 1 saturated carbocycles. The van der Waals surface area contributed by atoms with Gasteiger partial charge >= 0.3 is 0 Å². The average molecular weight is 334 g/mol. The SMILES string of the molecule is CCCC1CCC(C(=O)Nc2sc3c(c2C(N)=O)CCC3)CC1. The van der Waals surface area contributed by atoms with Crippen molar-refractivity contribution in [2.75, 3.05) is 5.32 Å². The Labute approximate surface area is 141 Å². The normalized spacial score (nSPS) is 23.5. The molecule has 1 aromatic rings. The topological polar surface area (TPSA) is 72.2 Å². The van der Waals surface area contributed by atoms with Gasteiger partial charge in [0.1, 0.15) is 5.00 Å². The lowest BCUT2D eigenvalue weighted by Crippen LogP contribution is -2.28. The third-order valence-corrected chi connectivity index (χ3v) is 6.53. The van der Waals surface area contributed by atoms with E-state index in [1.165, 1.54) is 17.7 Å². The average Bonchev–Trinajstić information content (AvgIpc) is 3.08. The molecular weight excluding hydrogens is 308 g/mol. The van der Waals surface area contributed by atoms with Gasteiger partial charge in [0.05, 0.1) is 5.56 Å². The standard InChI is InChI=1S/C18H26N2O2S/c1-2-4-11-7-9-12(10-8-11)17(22)20-18-15(16(19)21)13-5-3-6-14(13)23-18/h11-12H,2-10H2,1H3,(H2,19,21)(H,20,22). The molecule has 0 atom stereocenters. The molecule has 2 aliphatic rings. The Morgan fingerprint density at radius 1 is 1.22 bits per heavy atom. The van der Waals surface area contributed by atoms with Crippen molar-refractivity contribution in [1.82, 2.24) is 0 Å². The van der Waals surface area contributed by atoms with Gasteiger partial charge in [0.15, 0.2) is 0 Å². The number of anilines is 1. The lowest BCUT2D eigenvalue weighted by Gasteiger charge is -2.27. The zero-order valence-electron chi connectivity index (χ0n) is 13.8. The molecule has 0 aliphatic heterocycles. The van der Waals surface area contributed by atoms with E-state index in [4.69, 9.17) is 5.73 Å². The summed E-state index contributed by atoms with van der Waals surface area (Å²) in [5.41, 5.74) is 7.19. The van der Waals surface area contributed by atoms with Gasteiger partial charge in [0.2, 0.25) is 5.91 Å². The third kappa shape index (κ3) is 3.44. The van der Waals surface area contributed by atoms with Crippen LogP contribution in [0.1, 0.15) is 72.7 Å². The van der Waals surface area contributed by atoms with Crippen molar-refractivity contribution in [2.24, 2.45) is 17.6 Å². The van der Waals surface area contributed by atoms with Crippen LogP contribution in [0.15, 0.2) is 0 Å². The number of carbonyl (C=O) groups is 2. The molecule has 4 nitrogen and oxygen atoms in total. The highest BCUT2D eigenvalue weighted by molar-refractivity contribution is 7.17. The molecule has 3 N–H and O–H groups in total. The van der Waals surface area contributed by atoms with E-state index in [0.717, 1.165) is 56.4 Å². The molecule has 126 valence electrons. The summed E-state index contributed by atoms with van der Waals surface area (Å²) < 4.78 is 0. The Morgan fingerprint density at radius 2 is 1.96 bits per heavy atom. The summed E-state index contributed by atoms with van der Waals surface area (Å²) in [6, 6.07) is 0. The van der Waals surface area contributed by atoms with E-state index in [-0.39, 0.29) is 11.8 Å². The first kappa shape index (κ1) is 16.5. The maximum atomic E-state index is 12.6. The van der Waals surface area contributed by atoms with E-state index in [0.29, 0.717) is 10.6 Å². The molecular formula is C18H26N2O2S. The van der Waals surface area contributed by atoms with Crippen molar-refractivity contribution in [3.8, 4) is 0 Å². The highest BCUT2D eigenvalue weighted by atomic mass is 32.1. The van der Waals surface area contributed by atoms with E-state index < -0.39 is 5.91 Å². The number of thiophene rings is 1. The van der Waals surface area contributed by atoms with Crippen LogP contribution in [0, 0.1) is 11.8 Å². The minimum atomic E-state index is -0.411. The van der Waals surface area contributed by atoms with Crippen molar-refractivity contribution >= 4 is 28.2 Å². The van der Waals surface area contributed by atoms with E-state index >= 15 is 0 Å². The highest BCUT2D eigenvalue weighted by Crippen LogP contribution is 2.39. The molecule has 0 saturated heterocycles. The maximum absolute atomic E-state index is 12.6. The van der Waals surface area contributed by atoms with Crippen molar-refractivity contribution in [1.29, 1.82) is 0 Å². The molecule has 3 rings (SSSR count). The second kappa shape index (κ2) is 7.04. The molecule has 0 aromatic carbocycles. The third-order valence-electron chi connectivity index (χ3n) is 5.32. The van der Waals surface area contributed by atoms with Crippen LogP contribution in [0.5, 0.6) is 0 Å². The monoisotopic (exact) mass is 334 g/mol. The van der Waals surface area contributed by atoms with Crippen LogP contribution in [0.3, 0.4) is 0 Å². The number of fused-ring (bicyclic) bond motifs is 1. The summed E-state index contributed by atoms with van der Waals surface area (Å²) in [5.74, 6) is 0.533. The zero-order chi connectivity index (χ0) is 16.4. The summed E-state index contributed by atoms with van der Waals surface area (Å²) in [6.45, 7) is 2.22. The summed E-state index contributed by atoms with van der Waals surface area (Å²) in [5, 5.41) is 3.70. The van der Waals surface area contributed by atoms with Crippen molar-refractivity contribution < 1.29 is 9.59 Å². The molecule has 0 spiro atoms. The molecule has 1 fully saturated rings. The van der Waals surface area contributed by atoms with Gasteiger partial charge in [-0.2, -0.15) is 0 Å². The van der Waals surface area contributed by atoms with Crippen LogP contribution in [0.2, 0.25) is 0 Å². The van der Waals surface area contributed by atoms with Gasteiger partial charge in [-0.15, -0.1) is 11.3 Å². The fourth-order valence-corrected chi connectivity index (χ4v) is 5.39. The summed E-state index contributed by atoms with van der Waals surface area (Å²) in [4.78, 5) is 25.6. The maximum Gasteiger partial charge on any atom is 0.251 e. The van der Waals surface area contributed by atoms with E-state index in [1.54, 1.807) is 11.3 Å². The fraction of sp³-hybridized carbons (Fsp3) is 0.667. The van der Waals surface area contributed by atoms with Crippen molar-refractivity contribution in [3.63, 3.8) is 0 Å². The largest absolute Gasteiger partial charge is 0.365 e. The van der Waals surface area contributed by atoms with Crippen LogP contribution in [0.4, 0.5) is 5.00 Å². The van der Waals surface area contributed by atoms with Crippen LogP contribution >= 0.6 is 11.3 Å². The number of primary amides is 1. The molecule has 2 aliphatic carbocycles. The van der Waals surface area contributed by atoms with E-state index in [1.807, 2.05) is 0 Å². The zero-order valence-corrected chi connectivity index (χ0v) is 14.6. The van der Waals surface area contributed by atoms with Crippen LogP contribution < -0.4 is 11.1 Å². The summed E-state index contributed by atoms with van der Waals surface area (Å²) >= 11 is 1.55. The number of aryl methyl sites for hydroxylation is 1. The fourth-order valence-electron chi connectivity index (χ4n) is 4.09. The predicted octanol–water partition coefficient (Wildman–Crippen LogP) is 3.88. The molecule has 0 bridgehead atoms. The Balaban J connectivity index is 1.66. The summed E-state index contributed by atoms with van der Waals surface area (Å²) in [7, 11) is 0. The predicted molar refractivity (Wildman–Crippen MR) is 93.8 cm³/mol. The van der Waals surface area contributed by atoms with Crippen molar-refractivity contribution in [3.05, 3.63) is 16.0 Å². The number of hydrogen-bond acceptors (Lipinski definition) is 3. The van der Waals surface area contributed by atoms with Gasteiger partial charge in [-0.3, -0.25) is 9.59 Å². The molecule has 0 unspecified atom stereocenters. The van der Waals surface area contributed by atoms with Gasteiger partial charge in [0.25, 0.3) is 5.91 Å². The second-order valence-corrected chi connectivity index (χ2v) is 8.03. The smallest absolute Gasteiger partial charge is 0.251 e. The Morgan fingerprint density at radius 3 is 2.61 bits per heavy atom. The molecule has 1 heterocycles. The molecule has 23 heavy (non-hydrogen) atoms. The van der Waals surface area contributed by atoms with Gasteiger partial charge in [-0.25, -0.2) is 0 Å². The highest BCUT2D eigenvalue weighted by Gasteiger charge is 2.29. The quantitative estimate of drug-likeness (QED) is 0.857. The van der Waals surface area contributed by atoms with Gasteiger partial charge in [-0.05, 0) is 56.4 Å². The first-order valence-electron chi connectivity index (χ1n) is 8.85. The summed E-state index contributed by atoms with van der Waals surface area (Å²) in [6.07, 6.45) is 9.71. The van der Waals surface area contributed by atoms with Gasteiger partial charge < -0.3 is 11.1 Å². The number of rotatable bonds is 5. The number of carbonyl (C=O) groups excluding carboxylic acids is 2. The molecule has 0 radical (unpaired) electrons. The van der Waals surface area contributed by atoms with Crippen LogP contribution in [-0.2, 0) is 17.6 Å². The van der Waals surface area contributed by atoms with Crippen molar-refractivity contribution in [2.45, 2.75) is 64.7 Å². The van der Waals surface area contributed by atoms with Gasteiger partial charge in [0, 0.05) is 10.8 Å². The Hall–Kier alpha value is -1.36. The Bertz CT molecular complexity index is 600. The minimum Gasteiger partial charge on any atom is -0.365 e. The number of nitrogens with one attached hydrogen (secondary N) is 1. The molecule has 2 amide bonds. The van der Waals surface area contributed by atoms with Crippen LogP contribution in [-0.4, -0.2) is 11.8 Å². The lowest BCUT2D eigenvalue weighted by molar-refractivity contribution is -0.121. The number of hydrogen-bond donors (Lipinski definition) is 2. The lowest BCUT2D eigenvalue weighted by atomic mass is 9.80. The van der Waals surface area contributed by atoms with Crippen LogP contribution in [0.25, 0.3) is 0 Å². The first-order valence-corrected chi connectivity index (χ1v) is 9.67. The van der Waals surface area contributed by atoms with E-state index in [9.17, 15) is 9.59 Å². The number of nitrogens with two attached hydrogens (primary N) is 1. The van der Waals surface area contributed by atoms with Gasteiger partial charge in [-0.1, -0.05) is 19.8 Å². The molecule has 5 heteroatoms. The number of amides is 2. The Kier molecular flexibility index (Phi) is 5.05. The first-order chi connectivity index (χ1) is 11.1. The minimum absolute atomic E-state index is 0.0716. The second-order valence-electron chi connectivity index (χ2n) is 6.92. The molecule has 1 aromatic heterocycles. The van der Waals surface area contributed by atoms with E-state index in [2.05, 4.69) is 12.2 Å².